The monoisotopic (exact) mass is 244 g/mol. The molecule has 0 aromatic heterocycles. The predicted molar refractivity (Wildman–Crippen MR) is 57.6 cm³/mol. The van der Waals surface area contributed by atoms with Crippen molar-refractivity contribution in [3.05, 3.63) is 35.9 Å². The lowest BCUT2D eigenvalue weighted by molar-refractivity contribution is 0.669. The molecule has 0 saturated carbocycles. The Labute approximate surface area is 83.3 Å². The van der Waals surface area contributed by atoms with Crippen LogP contribution in [0.2, 0.25) is 13.1 Å². The van der Waals surface area contributed by atoms with E-state index in [0.29, 0.717) is 0 Å². The first kappa shape index (κ1) is 9.96. The molecule has 0 bridgehead atoms. The van der Waals surface area contributed by atoms with Gasteiger partial charge in [0.15, 0.2) is 0 Å². The zero-order valence-electron chi connectivity index (χ0n) is 7.38. The third-order valence-corrected chi connectivity index (χ3v) is 5.99. The zero-order chi connectivity index (χ0) is 9.03. The van der Waals surface area contributed by atoms with Crippen molar-refractivity contribution >= 4 is 24.6 Å². The molecule has 3 heteroatoms. The molecule has 0 fully saturated rings. The predicted octanol–water partition coefficient (Wildman–Crippen LogP) is 3.30. The first-order chi connectivity index (χ1) is 5.64. The van der Waals surface area contributed by atoms with Crippen LogP contribution in [0, 0.1) is 0 Å². The highest BCUT2D eigenvalue weighted by Gasteiger charge is 2.21. The summed E-state index contributed by atoms with van der Waals surface area (Å²) >= 11 is 3.09. The Morgan fingerprint density at radius 3 is 2.33 bits per heavy atom. The Balaban J connectivity index is 2.64. The summed E-state index contributed by atoms with van der Waals surface area (Å²) < 4.78 is 5.29. The molecule has 0 radical (unpaired) electrons. The molecule has 1 aromatic rings. The second kappa shape index (κ2) is 4.21. The Kier molecular flexibility index (Phi) is 3.49. The summed E-state index contributed by atoms with van der Waals surface area (Å²) in [6.07, 6.45) is 0. The minimum absolute atomic E-state index is 1.05. The molecule has 1 aromatic carbocycles. The number of rotatable bonds is 3. The maximum atomic E-state index is 5.29. The van der Waals surface area contributed by atoms with Gasteiger partial charge in [0, 0.05) is 0 Å². The minimum Gasteiger partial charge on any atom is -0.351 e. The Morgan fingerprint density at radius 2 is 1.83 bits per heavy atom. The summed E-state index contributed by atoms with van der Waals surface area (Å²) in [5.41, 5.74) is 1.36. The molecule has 0 aliphatic rings. The smallest absolute Gasteiger partial charge is 0.209 e. The second-order valence-electron chi connectivity index (χ2n) is 3.50. The first-order valence-electron chi connectivity index (χ1n) is 3.98. The molecule has 66 valence electrons. The Morgan fingerprint density at radius 1 is 1.25 bits per heavy atom. The van der Waals surface area contributed by atoms with Gasteiger partial charge in [0.25, 0.3) is 0 Å². The van der Waals surface area contributed by atoms with Crippen molar-refractivity contribution in [2.75, 3.05) is 0 Å². The van der Waals surface area contributed by atoms with Gasteiger partial charge in [0.2, 0.25) is 8.32 Å². The molecule has 0 spiro atoms. The number of hydrogen-bond donors (Lipinski definition) is 0. The van der Waals surface area contributed by atoms with Crippen LogP contribution in [0.3, 0.4) is 0 Å². The van der Waals surface area contributed by atoms with E-state index in [1.54, 1.807) is 0 Å². The van der Waals surface area contributed by atoms with Crippen LogP contribution >= 0.6 is 16.3 Å². The second-order valence-corrected chi connectivity index (χ2v) is 8.50. The molecule has 0 unspecified atom stereocenters. The molecule has 0 heterocycles. The third kappa shape index (κ3) is 3.09. The van der Waals surface area contributed by atoms with Crippen molar-refractivity contribution in [3.8, 4) is 0 Å². The SMILES string of the molecule is C[Si](C)(Cc1ccccc1)OBr. The van der Waals surface area contributed by atoms with Gasteiger partial charge in [-0.05, 0) is 24.7 Å². The fourth-order valence-electron chi connectivity index (χ4n) is 1.11. The van der Waals surface area contributed by atoms with Crippen molar-refractivity contribution in [1.82, 2.24) is 0 Å². The van der Waals surface area contributed by atoms with Crippen LogP contribution in [0.4, 0.5) is 0 Å². The van der Waals surface area contributed by atoms with E-state index >= 15 is 0 Å². The Bertz CT molecular complexity index is 236. The molecule has 0 aliphatic carbocycles. The van der Waals surface area contributed by atoms with E-state index in [0.717, 1.165) is 6.04 Å². The summed E-state index contributed by atoms with van der Waals surface area (Å²) in [7, 11) is -1.50. The van der Waals surface area contributed by atoms with E-state index in [1.165, 1.54) is 5.56 Å². The van der Waals surface area contributed by atoms with Gasteiger partial charge in [0.05, 0.1) is 16.3 Å². The normalized spacial score (nSPS) is 11.6. The topological polar surface area (TPSA) is 9.23 Å². The third-order valence-electron chi connectivity index (χ3n) is 1.68. The van der Waals surface area contributed by atoms with Gasteiger partial charge >= 0.3 is 0 Å². The van der Waals surface area contributed by atoms with Crippen LogP contribution in [0.5, 0.6) is 0 Å². The molecule has 0 N–H and O–H groups in total. The fourth-order valence-corrected chi connectivity index (χ4v) is 2.73. The highest BCUT2D eigenvalue weighted by molar-refractivity contribution is 9.06. The highest BCUT2D eigenvalue weighted by atomic mass is 79.9. The molecule has 12 heavy (non-hydrogen) atoms. The molecular formula is C9H13BrOSi. The number of halogens is 1. The lowest BCUT2D eigenvalue weighted by atomic mass is 10.2. The van der Waals surface area contributed by atoms with Crippen LogP contribution in [-0.2, 0) is 9.56 Å². The van der Waals surface area contributed by atoms with Gasteiger partial charge in [-0.15, -0.1) is 0 Å². The molecular weight excluding hydrogens is 232 g/mol. The lowest BCUT2D eigenvalue weighted by Gasteiger charge is -2.17. The Hall–Kier alpha value is -0.123. The minimum atomic E-state index is -1.50. The van der Waals surface area contributed by atoms with Gasteiger partial charge in [-0.2, -0.15) is 0 Å². The van der Waals surface area contributed by atoms with Crippen molar-refractivity contribution in [2.45, 2.75) is 19.1 Å². The molecule has 1 nitrogen and oxygen atoms in total. The standard InChI is InChI=1S/C9H13BrOSi/c1-12(2,11-10)8-9-6-4-3-5-7-9/h3-7H,8H2,1-2H3. The fraction of sp³-hybridized carbons (Fsp3) is 0.333. The maximum Gasteiger partial charge on any atom is 0.209 e. The van der Waals surface area contributed by atoms with E-state index in [9.17, 15) is 0 Å². The first-order valence-corrected chi connectivity index (χ1v) is 7.74. The summed E-state index contributed by atoms with van der Waals surface area (Å²) in [4.78, 5) is 0. The zero-order valence-corrected chi connectivity index (χ0v) is 9.97. The largest absolute Gasteiger partial charge is 0.351 e. The lowest BCUT2D eigenvalue weighted by Crippen LogP contribution is -2.29. The summed E-state index contributed by atoms with van der Waals surface area (Å²) in [5, 5.41) is 0. The summed E-state index contributed by atoms with van der Waals surface area (Å²) in [6.45, 7) is 4.38. The maximum absolute atomic E-state index is 5.29. The van der Waals surface area contributed by atoms with E-state index in [2.05, 4.69) is 53.6 Å². The van der Waals surface area contributed by atoms with Gasteiger partial charge in [0.1, 0.15) is 0 Å². The van der Waals surface area contributed by atoms with Crippen LogP contribution in [0.15, 0.2) is 30.3 Å². The van der Waals surface area contributed by atoms with E-state index in [-0.39, 0.29) is 0 Å². The average Bonchev–Trinajstić information content (AvgIpc) is 2.06. The molecule has 0 aliphatic heterocycles. The van der Waals surface area contributed by atoms with Crippen molar-refractivity contribution in [2.24, 2.45) is 0 Å². The molecule has 0 saturated heterocycles. The van der Waals surface area contributed by atoms with Gasteiger partial charge in [-0.25, -0.2) is 0 Å². The molecule has 0 amide bonds. The summed E-state index contributed by atoms with van der Waals surface area (Å²) in [5.74, 6) is 0. The van der Waals surface area contributed by atoms with Gasteiger partial charge < -0.3 is 3.52 Å². The van der Waals surface area contributed by atoms with Gasteiger partial charge in [-0.1, -0.05) is 30.3 Å². The van der Waals surface area contributed by atoms with E-state index < -0.39 is 8.32 Å². The van der Waals surface area contributed by atoms with Crippen LogP contribution in [0.25, 0.3) is 0 Å². The summed E-state index contributed by atoms with van der Waals surface area (Å²) in [6, 6.07) is 11.5. The van der Waals surface area contributed by atoms with Gasteiger partial charge in [-0.3, -0.25) is 0 Å². The van der Waals surface area contributed by atoms with E-state index in [1.807, 2.05) is 6.07 Å². The molecule has 0 atom stereocenters. The van der Waals surface area contributed by atoms with E-state index in [4.69, 9.17) is 3.52 Å². The average molecular weight is 245 g/mol. The van der Waals surface area contributed by atoms with Crippen LogP contribution in [0.1, 0.15) is 5.56 Å². The van der Waals surface area contributed by atoms with Crippen molar-refractivity contribution in [3.63, 3.8) is 0 Å². The van der Waals surface area contributed by atoms with Crippen molar-refractivity contribution in [1.29, 1.82) is 0 Å². The van der Waals surface area contributed by atoms with Crippen LogP contribution < -0.4 is 0 Å². The number of hydrogen-bond acceptors (Lipinski definition) is 1. The number of benzene rings is 1. The highest BCUT2D eigenvalue weighted by Crippen LogP contribution is 2.15. The quantitative estimate of drug-likeness (QED) is 0.742. The van der Waals surface area contributed by atoms with Crippen molar-refractivity contribution < 1.29 is 3.52 Å². The molecule has 1 rings (SSSR count). The van der Waals surface area contributed by atoms with Crippen LogP contribution in [-0.4, -0.2) is 8.32 Å².